The molecule has 2 heterocycles. The fourth-order valence-electron chi connectivity index (χ4n) is 3.32. The van der Waals surface area contributed by atoms with E-state index in [9.17, 15) is 4.79 Å². The van der Waals surface area contributed by atoms with Gasteiger partial charge in [0.05, 0.1) is 17.1 Å². The molecule has 0 aliphatic carbocycles. The number of carbonyl (C=O) groups excluding carboxylic acids is 1. The fraction of sp³-hybridized carbons (Fsp3) is 0.292. The highest BCUT2D eigenvalue weighted by atomic mass is 32.1. The van der Waals surface area contributed by atoms with Gasteiger partial charge in [-0.05, 0) is 56.0 Å². The quantitative estimate of drug-likeness (QED) is 0.531. The lowest BCUT2D eigenvalue weighted by Gasteiger charge is -2.18. The van der Waals surface area contributed by atoms with E-state index >= 15 is 0 Å². The number of aryl methyl sites for hydroxylation is 1. The number of hydrogen-bond donors (Lipinski definition) is 1. The van der Waals surface area contributed by atoms with Crippen LogP contribution in [0, 0.1) is 12.8 Å². The van der Waals surface area contributed by atoms with Gasteiger partial charge >= 0.3 is 0 Å². The molecule has 1 aliphatic rings. The van der Waals surface area contributed by atoms with E-state index in [0.29, 0.717) is 17.4 Å². The second-order valence-electron chi connectivity index (χ2n) is 7.55. The van der Waals surface area contributed by atoms with Gasteiger partial charge in [0.25, 0.3) is 5.91 Å². The van der Waals surface area contributed by atoms with Gasteiger partial charge in [-0.25, -0.2) is 9.67 Å². The Morgan fingerprint density at radius 2 is 1.97 bits per heavy atom. The summed E-state index contributed by atoms with van der Waals surface area (Å²) in [5.74, 6) is 0.934. The van der Waals surface area contributed by atoms with Crippen LogP contribution in [0.2, 0.25) is 0 Å². The van der Waals surface area contributed by atoms with E-state index in [-0.39, 0.29) is 12.5 Å². The summed E-state index contributed by atoms with van der Waals surface area (Å²) >= 11 is 1.54. The summed E-state index contributed by atoms with van der Waals surface area (Å²) < 4.78 is 7.38. The van der Waals surface area contributed by atoms with Gasteiger partial charge in [-0.3, -0.25) is 4.79 Å². The Bertz CT molecular complexity index is 1170. The predicted molar refractivity (Wildman–Crippen MR) is 126 cm³/mol. The van der Waals surface area contributed by atoms with Gasteiger partial charge in [0, 0.05) is 17.2 Å². The molecule has 0 spiro atoms. The van der Waals surface area contributed by atoms with Crippen molar-refractivity contribution in [2.24, 2.45) is 16.0 Å². The second kappa shape index (κ2) is 9.31. The van der Waals surface area contributed by atoms with Crippen molar-refractivity contribution in [1.82, 2.24) is 4.68 Å². The summed E-state index contributed by atoms with van der Waals surface area (Å²) in [5.41, 5.74) is 4.61. The topological polar surface area (TPSA) is 68.0 Å². The SMILES string of the molecule is CCC(C=Nn1c(-c2ccc3c(c2)NC(=O)CO3)csc1=Nc1ccc(C)cc1)CC. The van der Waals surface area contributed by atoms with Crippen molar-refractivity contribution in [2.45, 2.75) is 33.6 Å². The van der Waals surface area contributed by atoms with Gasteiger partial charge in [0.15, 0.2) is 6.61 Å². The van der Waals surface area contributed by atoms with Gasteiger partial charge in [-0.2, -0.15) is 5.10 Å². The first-order valence-electron chi connectivity index (χ1n) is 10.5. The molecule has 4 rings (SSSR count). The number of fused-ring (bicyclic) bond motifs is 1. The van der Waals surface area contributed by atoms with Crippen LogP contribution in [0.1, 0.15) is 32.3 Å². The Hall–Kier alpha value is -3.19. The van der Waals surface area contributed by atoms with Gasteiger partial charge < -0.3 is 10.1 Å². The molecule has 1 aromatic heterocycles. The Kier molecular flexibility index (Phi) is 6.32. The first kappa shape index (κ1) is 21.1. The number of benzene rings is 2. The van der Waals surface area contributed by atoms with Crippen LogP contribution < -0.4 is 14.9 Å². The van der Waals surface area contributed by atoms with Crippen molar-refractivity contribution >= 4 is 34.8 Å². The molecule has 0 fully saturated rings. The van der Waals surface area contributed by atoms with Crippen molar-refractivity contribution in [3.8, 4) is 17.0 Å². The van der Waals surface area contributed by atoms with Crippen LogP contribution in [0.5, 0.6) is 5.75 Å². The number of rotatable bonds is 6. The van der Waals surface area contributed by atoms with Crippen LogP contribution >= 0.6 is 11.3 Å². The Labute approximate surface area is 185 Å². The highest BCUT2D eigenvalue weighted by Crippen LogP contribution is 2.33. The standard InChI is InChI=1S/C24H26N4O2S/c1-4-17(5-2)13-25-28-21(15-31-24(28)26-19-9-6-16(3)7-10-19)18-8-11-22-20(12-18)27-23(29)14-30-22/h6-13,15,17H,4-5,14H2,1-3H3,(H,27,29). The van der Waals surface area contributed by atoms with E-state index in [1.807, 2.05) is 46.6 Å². The summed E-state index contributed by atoms with van der Waals surface area (Å²) in [6.07, 6.45) is 4.08. The number of nitrogens with one attached hydrogen (secondary N) is 1. The van der Waals surface area contributed by atoms with E-state index in [2.05, 4.69) is 38.2 Å². The van der Waals surface area contributed by atoms with Crippen molar-refractivity contribution in [1.29, 1.82) is 0 Å². The Balaban J connectivity index is 1.81. The molecule has 6 nitrogen and oxygen atoms in total. The number of ether oxygens (including phenoxy) is 1. The molecule has 0 bridgehead atoms. The molecule has 0 saturated carbocycles. The zero-order valence-corrected chi connectivity index (χ0v) is 18.8. The number of amides is 1. The largest absolute Gasteiger partial charge is 0.482 e. The Morgan fingerprint density at radius 1 is 1.19 bits per heavy atom. The molecule has 1 aliphatic heterocycles. The highest BCUT2D eigenvalue weighted by molar-refractivity contribution is 7.07. The van der Waals surface area contributed by atoms with Crippen LogP contribution in [0.15, 0.2) is 57.9 Å². The van der Waals surface area contributed by atoms with Gasteiger partial charge in [-0.1, -0.05) is 31.5 Å². The normalized spacial score (nSPS) is 14.1. The lowest BCUT2D eigenvalue weighted by molar-refractivity contribution is -0.118. The molecule has 0 saturated heterocycles. The molecular weight excluding hydrogens is 408 g/mol. The van der Waals surface area contributed by atoms with Crippen molar-refractivity contribution in [3.63, 3.8) is 0 Å². The summed E-state index contributed by atoms with van der Waals surface area (Å²) in [7, 11) is 0. The number of carbonyl (C=O) groups is 1. The van der Waals surface area contributed by atoms with Gasteiger partial charge in [-0.15, -0.1) is 11.3 Å². The summed E-state index contributed by atoms with van der Waals surface area (Å²) in [5, 5.41) is 9.74. The minimum atomic E-state index is -0.148. The van der Waals surface area contributed by atoms with Crippen LogP contribution in [0.4, 0.5) is 11.4 Å². The van der Waals surface area contributed by atoms with E-state index in [0.717, 1.165) is 34.6 Å². The first-order chi connectivity index (χ1) is 15.1. The van der Waals surface area contributed by atoms with Crippen molar-refractivity contribution in [2.75, 3.05) is 11.9 Å². The monoisotopic (exact) mass is 434 g/mol. The first-order valence-corrected chi connectivity index (χ1v) is 11.4. The molecule has 0 unspecified atom stereocenters. The molecular formula is C24H26N4O2S. The van der Waals surface area contributed by atoms with Crippen molar-refractivity contribution in [3.05, 3.63) is 58.2 Å². The zero-order chi connectivity index (χ0) is 21.8. The van der Waals surface area contributed by atoms with Crippen LogP contribution in [0.25, 0.3) is 11.3 Å². The van der Waals surface area contributed by atoms with Gasteiger partial charge in [0.1, 0.15) is 5.75 Å². The van der Waals surface area contributed by atoms with E-state index in [4.69, 9.17) is 14.8 Å². The second-order valence-corrected chi connectivity index (χ2v) is 8.39. The summed E-state index contributed by atoms with van der Waals surface area (Å²) in [6.45, 7) is 6.45. The Morgan fingerprint density at radius 3 is 2.71 bits per heavy atom. The van der Waals surface area contributed by atoms with Crippen LogP contribution in [0.3, 0.4) is 0 Å². The number of anilines is 1. The lowest BCUT2D eigenvalue weighted by Crippen LogP contribution is -2.25. The molecule has 1 amide bonds. The summed E-state index contributed by atoms with van der Waals surface area (Å²) in [4.78, 5) is 17.4. The van der Waals surface area contributed by atoms with Crippen LogP contribution in [-0.4, -0.2) is 23.4 Å². The molecule has 2 aromatic carbocycles. The molecule has 0 radical (unpaired) electrons. The molecule has 3 aromatic rings. The van der Waals surface area contributed by atoms with Gasteiger partial charge in [0.2, 0.25) is 4.80 Å². The lowest BCUT2D eigenvalue weighted by atomic mass is 10.1. The average Bonchev–Trinajstić information content (AvgIpc) is 3.18. The molecule has 0 atom stereocenters. The van der Waals surface area contributed by atoms with E-state index in [1.165, 1.54) is 16.9 Å². The third kappa shape index (κ3) is 4.77. The maximum Gasteiger partial charge on any atom is 0.262 e. The third-order valence-corrected chi connectivity index (χ3v) is 6.11. The van der Waals surface area contributed by atoms with E-state index in [1.54, 1.807) is 0 Å². The highest BCUT2D eigenvalue weighted by Gasteiger charge is 2.18. The number of aromatic nitrogens is 1. The maximum atomic E-state index is 11.7. The number of thiazole rings is 1. The predicted octanol–water partition coefficient (Wildman–Crippen LogP) is 5.36. The van der Waals surface area contributed by atoms with Crippen molar-refractivity contribution < 1.29 is 9.53 Å². The number of hydrogen-bond acceptors (Lipinski definition) is 5. The van der Waals surface area contributed by atoms with Crippen LogP contribution in [-0.2, 0) is 4.79 Å². The van der Waals surface area contributed by atoms with E-state index < -0.39 is 0 Å². The maximum absolute atomic E-state index is 11.7. The summed E-state index contributed by atoms with van der Waals surface area (Å²) in [6, 6.07) is 13.9. The minimum Gasteiger partial charge on any atom is -0.482 e. The zero-order valence-electron chi connectivity index (χ0n) is 18.0. The minimum absolute atomic E-state index is 0.0457. The molecule has 160 valence electrons. The molecule has 1 N–H and O–H groups in total. The average molecular weight is 435 g/mol. The number of nitrogens with zero attached hydrogens (tertiary/aromatic N) is 3. The fourth-order valence-corrected chi connectivity index (χ4v) is 4.18. The molecule has 31 heavy (non-hydrogen) atoms. The molecule has 7 heteroatoms. The third-order valence-electron chi connectivity index (χ3n) is 5.29. The smallest absolute Gasteiger partial charge is 0.262 e.